The minimum atomic E-state index is 0.480. The molecule has 2 rings (SSSR count). The average Bonchev–Trinajstić information content (AvgIpc) is 2.47. The lowest BCUT2D eigenvalue weighted by molar-refractivity contribution is 0.205. The lowest BCUT2D eigenvalue weighted by Gasteiger charge is -2.32. The number of benzene rings is 1. The summed E-state index contributed by atoms with van der Waals surface area (Å²) < 4.78 is 0. The third kappa shape index (κ3) is 4.32. The molecule has 1 heterocycles. The van der Waals surface area contributed by atoms with Gasteiger partial charge in [-0.1, -0.05) is 37.1 Å². The van der Waals surface area contributed by atoms with E-state index in [0.717, 1.165) is 13.1 Å². The van der Waals surface area contributed by atoms with Crippen molar-refractivity contribution in [2.45, 2.75) is 52.5 Å². The minimum Gasteiger partial charge on any atom is -0.309 e. The molecule has 0 amide bonds. The van der Waals surface area contributed by atoms with E-state index >= 15 is 0 Å². The molecule has 0 spiro atoms. The highest BCUT2D eigenvalue weighted by atomic mass is 15.2. The second-order valence-electron chi connectivity index (χ2n) is 6.23. The first-order valence-electron chi connectivity index (χ1n) is 8.23. The Morgan fingerprint density at radius 3 is 2.60 bits per heavy atom. The number of nitrogens with zero attached hydrogens (tertiary/aromatic N) is 1. The van der Waals surface area contributed by atoms with Crippen LogP contribution < -0.4 is 5.32 Å². The molecule has 0 saturated carbocycles. The van der Waals surface area contributed by atoms with E-state index in [1.165, 1.54) is 55.5 Å². The van der Waals surface area contributed by atoms with Crippen molar-refractivity contribution >= 4 is 0 Å². The molecule has 20 heavy (non-hydrogen) atoms. The Labute approximate surface area is 124 Å². The SMILES string of the molecule is CCCNC(CN1CCCCC1)c1cc(C)ccc1C. The Bertz CT molecular complexity index is 408. The topological polar surface area (TPSA) is 15.3 Å². The smallest absolute Gasteiger partial charge is 0.0452 e. The van der Waals surface area contributed by atoms with E-state index in [1.54, 1.807) is 0 Å². The van der Waals surface area contributed by atoms with Gasteiger partial charge in [-0.05, 0) is 63.9 Å². The molecule has 0 radical (unpaired) electrons. The molecule has 2 heteroatoms. The van der Waals surface area contributed by atoms with Gasteiger partial charge in [-0.2, -0.15) is 0 Å². The number of aryl methyl sites for hydroxylation is 2. The van der Waals surface area contributed by atoms with Gasteiger partial charge in [0.25, 0.3) is 0 Å². The largest absolute Gasteiger partial charge is 0.309 e. The summed E-state index contributed by atoms with van der Waals surface area (Å²) in [7, 11) is 0. The lowest BCUT2D eigenvalue weighted by atomic mass is 9.97. The third-order valence-electron chi connectivity index (χ3n) is 4.34. The van der Waals surface area contributed by atoms with Gasteiger partial charge in [-0.15, -0.1) is 0 Å². The molecule has 2 nitrogen and oxygen atoms in total. The van der Waals surface area contributed by atoms with Crippen LogP contribution in [-0.2, 0) is 0 Å². The van der Waals surface area contributed by atoms with Crippen molar-refractivity contribution in [3.05, 3.63) is 34.9 Å². The summed E-state index contributed by atoms with van der Waals surface area (Å²) in [6, 6.07) is 7.33. The van der Waals surface area contributed by atoms with Gasteiger partial charge in [0.15, 0.2) is 0 Å². The predicted molar refractivity (Wildman–Crippen MR) is 87.2 cm³/mol. The minimum absolute atomic E-state index is 0.480. The maximum absolute atomic E-state index is 3.76. The van der Waals surface area contributed by atoms with E-state index in [4.69, 9.17) is 0 Å². The van der Waals surface area contributed by atoms with Crippen molar-refractivity contribution in [3.8, 4) is 0 Å². The van der Waals surface area contributed by atoms with Crippen LogP contribution in [0.15, 0.2) is 18.2 Å². The molecule has 1 fully saturated rings. The van der Waals surface area contributed by atoms with Crippen LogP contribution in [0.1, 0.15) is 55.3 Å². The standard InChI is InChI=1S/C18H30N2/c1-4-10-19-18(14-20-11-6-5-7-12-20)17-13-15(2)8-9-16(17)3/h8-9,13,18-19H,4-7,10-12,14H2,1-3H3. The molecular weight excluding hydrogens is 244 g/mol. The van der Waals surface area contributed by atoms with Crippen LogP contribution in [0, 0.1) is 13.8 Å². The molecule has 1 saturated heterocycles. The first kappa shape index (κ1) is 15.5. The van der Waals surface area contributed by atoms with E-state index in [-0.39, 0.29) is 0 Å². The van der Waals surface area contributed by atoms with E-state index < -0.39 is 0 Å². The fourth-order valence-electron chi connectivity index (χ4n) is 3.13. The Morgan fingerprint density at radius 1 is 1.15 bits per heavy atom. The zero-order valence-electron chi connectivity index (χ0n) is 13.4. The van der Waals surface area contributed by atoms with Crippen molar-refractivity contribution in [2.24, 2.45) is 0 Å². The quantitative estimate of drug-likeness (QED) is 0.848. The van der Waals surface area contributed by atoms with Gasteiger partial charge < -0.3 is 10.2 Å². The van der Waals surface area contributed by atoms with Crippen molar-refractivity contribution in [1.29, 1.82) is 0 Å². The van der Waals surface area contributed by atoms with Gasteiger partial charge in [0.1, 0.15) is 0 Å². The van der Waals surface area contributed by atoms with Crippen LogP contribution in [0.5, 0.6) is 0 Å². The molecule has 1 aromatic carbocycles. The first-order chi connectivity index (χ1) is 9.70. The maximum Gasteiger partial charge on any atom is 0.0452 e. The second kappa shape index (κ2) is 7.80. The van der Waals surface area contributed by atoms with Crippen molar-refractivity contribution < 1.29 is 0 Å². The van der Waals surface area contributed by atoms with Crippen LogP contribution in [0.25, 0.3) is 0 Å². The highest BCUT2D eigenvalue weighted by molar-refractivity contribution is 5.33. The highest BCUT2D eigenvalue weighted by Crippen LogP contribution is 2.22. The fourth-order valence-corrected chi connectivity index (χ4v) is 3.13. The van der Waals surface area contributed by atoms with Gasteiger partial charge in [0.05, 0.1) is 0 Å². The number of hydrogen-bond donors (Lipinski definition) is 1. The van der Waals surface area contributed by atoms with Gasteiger partial charge in [-0.25, -0.2) is 0 Å². The van der Waals surface area contributed by atoms with Crippen LogP contribution >= 0.6 is 0 Å². The van der Waals surface area contributed by atoms with Gasteiger partial charge >= 0.3 is 0 Å². The van der Waals surface area contributed by atoms with Crippen LogP contribution in [0.4, 0.5) is 0 Å². The summed E-state index contributed by atoms with van der Waals surface area (Å²) in [6.07, 6.45) is 5.34. The molecule has 1 aliphatic heterocycles. The molecule has 1 aliphatic rings. The number of nitrogens with one attached hydrogen (secondary N) is 1. The zero-order valence-corrected chi connectivity index (χ0v) is 13.4. The summed E-state index contributed by atoms with van der Waals surface area (Å²) in [5.74, 6) is 0. The lowest BCUT2D eigenvalue weighted by Crippen LogP contribution is -2.38. The van der Waals surface area contributed by atoms with Gasteiger partial charge in [0, 0.05) is 12.6 Å². The second-order valence-corrected chi connectivity index (χ2v) is 6.23. The molecular formula is C18H30N2. The summed E-state index contributed by atoms with van der Waals surface area (Å²) in [4.78, 5) is 2.64. The molecule has 112 valence electrons. The fraction of sp³-hybridized carbons (Fsp3) is 0.667. The predicted octanol–water partition coefficient (Wildman–Crippen LogP) is 3.83. The Hall–Kier alpha value is -0.860. The average molecular weight is 274 g/mol. The summed E-state index contributed by atoms with van der Waals surface area (Å²) in [5.41, 5.74) is 4.28. The summed E-state index contributed by atoms with van der Waals surface area (Å²) in [5, 5.41) is 3.76. The number of rotatable bonds is 6. The van der Waals surface area contributed by atoms with Crippen molar-refractivity contribution in [3.63, 3.8) is 0 Å². The van der Waals surface area contributed by atoms with Crippen molar-refractivity contribution in [1.82, 2.24) is 10.2 Å². The van der Waals surface area contributed by atoms with Crippen molar-refractivity contribution in [2.75, 3.05) is 26.2 Å². The Kier molecular flexibility index (Phi) is 6.06. The third-order valence-corrected chi connectivity index (χ3v) is 4.34. The molecule has 0 aliphatic carbocycles. The van der Waals surface area contributed by atoms with Crippen LogP contribution in [0.2, 0.25) is 0 Å². The van der Waals surface area contributed by atoms with Gasteiger partial charge in [0.2, 0.25) is 0 Å². The highest BCUT2D eigenvalue weighted by Gasteiger charge is 2.18. The summed E-state index contributed by atoms with van der Waals surface area (Å²) in [6.45, 7) is 11.5. The Balaban J connectivity index is 2.10. The normalized spacial score (nSPS) is 18.1. The number of hydrogen-bond acceptors (Lipinski definition) is 2. The molecule has 1 N–H and O–H groups in total. The Morgan fingerprint density at radius 2 is 1.90 bits per heavy atom. The number of piperidine rings is 1. The first-order valence-corrected chi connectivity index (χ1v) is 8.23. The molecule has 1 aromatic rings. The molecule has 1 unspecified atom stereocenters. The molecule has 0 bridgehead atoms. The number of likely N-dealkylation sites (tertiary alicyclic amines) is 1. The monoisotopic (exact) mass is 274 g/mol. The van der Waals surface area contributed by atoms with E-state index in [0.29, 0.717) is 6.04 Å². The van der Waals surface area contributed by atoms with E-state index in [1.807, 2.05) is 0 Å². The van der Waals surface area contributed by atoms with Crippen LogP contribution in [-0.4, -0.2) is 31.1 Å². The summed E-state index contributed by atoms with van der Waals surface area (Å²) >= 11 is 0. The van der Waals surface area contributed by atoms with Crippen LogP contribution in [0.3, 0.4) is 0 Å². The van der Waals surface area contributed by atoms with E-state index in [9.17, 15) is 0 Å². The molecule has 1 atom stereocenters. The van der Waals surface area contributed by atoms with E-state index in [2.05, 4.69) is 49.2 Å². The molecule has 0 aromatic heterocycles. The maximum atomic E-state index is 3.76. The van der Waals surface area contributed by atoms with Gasteiger partial charge in [-0.3, -0.25) is 0 Å². The zero-order chi connectivity index (χ0) is 14.4.